The van der Waals surface area contributed by atoms with Crippen LogP contribution in [0, 0.1) is 17.6 Å². The Balaban J connectivity index is 2.42. The quantitative estimate of drug-likeness (QED) is 0.771. The third-order valence-corrected chi connectivity index (χ3v) is 2.89. The molecule has 4 heteroatoms. The van der Waals surface area contributed by atoms with Crippen molar-refractivity contribution in [1.29, 1.82) is 0 Å². The number of hydrogen-bond acceptors (Lipinski definition) is 2. The molecule has 1 rings (SSSR count). The molecule has 0 amide bonds. The lowest BCUT2D eigenvalue weighted by Gasteiger charge is -2.14. The van der Waals surface area contributed by atoms with Crippen molar-refractivity contribution >= 4 is 0 Å². The molecule has 1 aromatic carbocycles. The van der Waals surface area contributed by atoms with Crippen molar-refractivity contribution in [3.63, 3.8) is 0 Å². The molecule has 0 aromatic heterocycles. The Bertz CT molecular complexity index is 344. The zero-order valence-electron chi connectivity index (χ0n) is 10.0. The molecule has 2 N–H and O–H groups in total. The highest BCUT2D eigenvalue weighted by Crippen LogP contribution is 2.11. The maximum atomic E-state index is 13.3. The van der Waals surface area contributed by atoms with E-state index >= 15 is 0 Å². The van der Waals surface area contributed by atoms with E-state index in [2.05, 4.69) is 5.32 Å². The van der Waals surface area contributed by atoms with Crippen LogP contribution < -0.4 is 5.32 Å². The number of rotatable bonds is 7. The van der Waals surface area contributed by atoms with E-state index in [9.17, 15) is 8.78 Å². The minimum Gasteiger partial charge on any atom is -0.396 e. The van der Waals surface area contributed by atoms with Crippen molar-refractivity contribution in [3.05, 3.63) is 35.4 Å². The molecule has 0 heterocycles. The number of benzene rings is 1. The largest absolute Gasteiger partial charge is 0.396 e. The highest BCUT2D eigenvalue weighted by Gasteiger charge is 2.08. The molecule has 0 radical (unpaired) electrons. The Morgan fingerprint density at radius 3 is 2.76 bits per heavy atom. The van der Waals surface area contributed by atoms with Crippen LogP contribution in [0.15, 0.2) is 18.2 Å². The van der Waals surface area contributed by atoms with Gasteiger partial charge in [-0.05, 0) is 24.9 Å². The maximum absolute atomic E-state index is 13.3. The van der Waals surface area contributed by atoms with E-state index < -0.39 is 11.6 Å². The van der Waals surface area contributed by atoms with E-state index in [-0.39, 0.29) is 6.61 Å². The lowest BCUT2D eigenvalue weighted by atomic mass is 10.0. The van der Waals surface area contributed by atoms with Crippen molar-refractivity contribution in [2.24, 2.45) is 5.92 Å². The number of hydrogen-bond donors (Lipinski definition) is 2. The molecule has 1 unspecified atom stereocenters. The second-order valence-corrected chi connectivity index (χ2v) is 4.13. The molecule has 0 aliphatic heterocycles. The fraction of sp³-hybridized carbons (Fsp3) is 0.538. The van der Waals surface area contributed by atoms with Crippen LogP contribution >= 0.6 is 0 Å². The van der Waals surface area contributed by atoms with E-state index in [1.807, 2.05) is 6.92 Å². The van der Waals surface area contributed by atoms with Gasteiger partial charge in [0.15, 0.2) is 11.6 Å². The van der Waals surface area contributed by atoms with Crippen LogP contribution in [-0.2, 0) is 6.54 Å². The van der Waals surface area contributed by atoms with Gasteiger partial charge in [0, 0.05) is 18.7 Å². The Morgan fingerprint density at radius 2 is 2.12 bits per heavy atom. The standard InChI is InChI=1S/C13H19F2NO/c1-2-10(6-7-17)8-16-9-11-4-3-5-12(14)13(11)15/h3-5,10,16-17H,2,6-9H2,1H3. The lowest BCUT2D eigenvalue weighted by Crippen LogP contribution is -2.23. The van der Waals surface area contributed by atoms with Gasteiger partial charge in [0.1, 0.15) is 0 Å². The first-order chi connectivity index (χ1) is 8.19. The maximum Gasteiger partial charge on any atom is 0.163 e. The summed E-state index contributed by atoms with van der Waals surface area (Å²) in [5, 5.41) is 11.9. The van der Waals surface area contributed by atoms with Gasteiger partial charge in [0.05, 0.1) is 0 Å². The number of aliphatic hydroxyl groups is 1. The van der Waals surface area contributed by atoms with Crippen molar-refractivity contribution < 1.29 is 13.9 Å². The Hall–Kier alpha value is -1.00. The molecule has 0 aliphatic carbocycles. The molecule has 1 atom stereocenters. The molecule has 1 aromatic rings. The van der Waals surface area contributed by atoms with Crippen LogP contribution in [0.3, 0.4) is 0 Å². The summed E-state index contributed by atoms with van der Waals surface area (Å²) in [6, 6.07) is 4.18. The molecule has 0 fully saturated rings. The number of nitrogens with one attached hydrogen (secondary N) is 1. The smallest absolute Gasteiger partial charge is 0.163 e. The average Bonchev–Trinajstić information content (AvgIpc) is 2.33. The van der Waals surface area contributed by atoms with Gasteiger partial charge in [0.25, 0.3) is 0 Å². The van der Waals surface area contributed by atoms with E-state index in [1.165, 1.54) is 6.07 Å². The van der Waals surface area contributed by atoms with Gasteiger partial charge >= 0.3 is 0 Å². The third kappa shape index (κ3) is 4.40. The Labute approximate surface area is 101 Å². The van der Waals surface area contributed by atoms with Crippen LogP contribution in [-0.4, -0.2) is 18.3 Å². The molecule has 96 valence electrons. The summed E-state index contributed by atoms with van der Waals surface area (Å²) in [7, 11) is 0. The van der Waals surface area contributed by atoms with Gasteiger partial charge in [-0.25, -0.2) is 8.78 Å². The molecule has 0 saturated carbocycles. The minimum atomic E-state index is -0.813. The normalized spacial score (nSPS) is 12.7. The van der Waals surface area contributed by atoms with E-state index in [0.717, 1.165) is 18.9 Å². The predicted octanol–water partition coefficient (Wildman–Crippen LogP) is 2.46. The SMILES string of the molecule is CCC(CCO)CNCc1cccc(F)c1F. The molecule has 2 nitrogen and oxygen atoms in total. The zero-order valence-corrected chi connectivity index (χ0v) is 10.0. The van der Waals surface area contributed by atoms with Gasteiger partial charge in [-0.1, -0.05) is 25.5 Å². The predicted molar refractivity (Wildman–Crippen MR) is 63.5 cm³/mol. The van der Waals surface area contributed by atoms with Crippen LogP contribution in [0.25, 0.3) is 0 Å². The van der Waals surface area contributed by atoms with Gasteiger partial charge < -0.3 is 10.4 Å². The first-order valence-corrected chi connectivity index (χ1v) is 5.93. The molecule has 0 saturated heterocycles. The highest BCUT2D eigenvalue weighted by atomic mass is 19.2. The van der Waals surface area contributed by atoms with Crippen molar-refractivity contribution in [1.82, 2.24) is 5.32 Å². The van der Waals surface area contributed by atoms with Crippen molar-refractivity contribution in [2.45, 2.75) is 26.3 Å². The molecule has 0 spiro atoms. The van der Waals surface area contributed by atoms with Gasteiger partial charge in [-0.15, -0.1) is 0 Å². The highest BCUT2D eigenvalue weighted by molar-refractivity contribution is 5.18. The third-order valence-electron chi connectivity index (χ3n) is 2.89. The van der Waals surface area contributed by atoms with Crippen molar-refractivity contribution in [2.75, 3.05) is 13.2 Å². The van der Waals surface area contributed by atoms with E-state index in [1.54, 1.807) is 6.07 Å². The van der Waals surface area contributed by atoms with E-state index in [4.69, 9.17) is 5.11 Å². The number of halogens is 2. The molecule has 17 heavy (non-hydrogen) atoms. The summed E-state index contributed by atoms with van der Waals surface area (Å²) in [4.78, 5) is 0. The average molecular weight is 243 g/mol. The zero-order chi connectivity index (χ0) is 12.7. The molecule has 0 bridgehead atoms. The second kappa shape index (κ2) is 7.35. The fourth-order valence-electron chi connectivity index (χ4n) is 1.73. The molecule has 0 aliphatic rings. The van der Waals surface area contributed by atoms with Crippen molar-refractivity contribution in [3.8, 4) is 0 Å². The summed E-state index contributed by atoms with van der Waals surface area (Å²) in [6.45, 7) is 3.22. The van der Waals surface area contributed by atoms with Crippen LogP contribution in [0.4, 0.5) is 8.78 Å². The lowest BCUT2D eigenvalue weighted by molar-refractivity contribution is 0.251. The fourth-order valence-corrected chi connectivity index (χ4v) is 1.73. The second-order valence-electron chi connectivity index (χ2n) is 4.13. The van der Waals surface area contributed by atoms with Gasteiger partial charge in [-0.3, -0.25) is 0 Å². The first kappa shape index (κ1) is 14.1. The Kier molecular flexibility index (Phi) is 6.08. The summed E-state index contributed by atoms with van der Waals surface area (Å²) < 4.78 is 26.2. The monoisotopic (exact) mass is 243 g/mol. The number of aliphatic hydroxyl groups excluding tert-OH is 1. The van der Waals surface area contributed by atoms with Crippen LogP contribution in [0.1, 0.15) is 25.3 Å². The summed E-state index contributed by atoms with van der Waals surface area (Å²) in [5.41, 5.74) is 0.337. The minimum absolute atomic E-state index is 0.161. The summed E-state index contributed by atoms with van der Waals surface area (Å²) >= 11 is 0. The van der Waals surface area contributed by atoms with Gasteiger partial charge in [0.2, 0.25) is 0 Å². The first-order valence-electron chi connectivity index (χ1n) is 5.93. The van der Waals surface area contributed by atoms with Crippen LogP contribution in [0.2, 0.25) is 0 Å². The molecular formula is C13H19F2NO. The summed E-state index contributed by atoms with van der Waals surface area (Å²) in [6.07, 6.45) is 1.69. The Morgan fingerprint density at radius 1 is 1.35 bits per heavy atom. The topological polar surface area (TPSA) is 32.3 Å². The molecular weight excluding hydrogens is 224 g/mol. The van der Waals surface area contributed by atoms with Gasteiger partial charge in [-0.2, -0.15) is 0 Å². The summed E-state index contributed by atoms with van der Waals surface area (Å²) in [5.74, 6) is -1.22. The van der Waals surface area contributed by atoms with Crippen LogP contribution in [0.5, 0.6) is 0 Å². The van der Waals surface area contributed by atoms with E-state index in [0.29, 0.717) is 24.6 Å².